The lowest BCUT2D eigenvalue weighted by Gasteiger charge is -2.19. The summed E-state index contributed by atoms with van der Waals surface area (Å²) in [6.45, 7) is 1.04. The van der Waals surface area contributed by atoms with Gasteiger partial charge in [0.15, 0.2) is 0 Å². The van der Waals surface area contributed by atoms with E-state index in [-0.39, 0.29) is 5.91 Å². The van der Waals surface area contributed by atoms with Crippen LogP contribution in [0.4, 0.5) is 0 Å². The summed E-state index contributed by atoms with van der Waals surface area (Å²) in [4.78, 5) is 14.0. The standard InChI is InChI=1S/C18H24N2O/c1-20(18(21)13-16-5-2-3-6-16)14-17-10-8-15(9-11-17)7-4-12-19/h8-11,16H,2-3,5-6,12-14,19H2,1H3. The fourth-order valence-corrected chi connectivity index (χ4v) is 2.83. The van der Waals surface area contributed by atoms with Crippen molar-refractivity contribution in [2.24, 2.45) is 11.7 Å². The highest BCUT2D eigenvalue weighted by Gasteiger charge is 2.20. The SMILES string of the molecule is CN(Cc1ccc(C#CCN)cc1)C(=O)CC1CCCC1. The topological polar surface area (TPSA) is 46.3 Å². The summed E-state index contributed by atoms with van der Waals surface area (Å²) in [5, 5.41) is 0. The molecule has 112 valence electrons. The first kappa shape index (κ1) is 15.6. The Morgan fingerprint density at radius 3 is 2.57 bits per heavy atom. The van der Waals surface area contributed by atoms with Gasteiger partial charge in [0.2, 0.25) is 5.91 Å². The molecule has 2 rings (SSSR count). The van der Waals surface area contributed by atoms with Gasteiger partial charge in [0.05, 0.1) is 6.54 Å². The fourth-order valence-electron chi connectivity index (χ4n) is 2.83. The Morgan fingerprint density at radius 1 is 1.29 bits per heavy atom. The largest absolute Gasteiger partial charge is 0.341 e. The van der Waals surface area contributed by atoms with Crippen LogP contribution in [0, 0.1) is 17.8 Å². The van der Waals surface area contributed by atoms with Crippen molar-refractivity contribution in [1.29, 1.82) is 0 Å². The van der Waals surface area contributed by atoms with Gasteiger partial charge in [-0.2, -0.15) is 0 Å². The van der Waals surface area contributed by atoms with Gasteiger partial charge < -0.3 is 10.6 Å². The van der Waals surface area contributed by atoms with Crippen molar-refractivity contribution >= 4 is 5.91 Å². The van der Waals surface area contributed by atoms with Gasteiger partial charge in [0.25, 0.3) is 0 Å². The summed E-state index contributed by atoms with van der Waals surface area (Å²) in [6, 6.07) is 8.01. The molecule has 1 aromatic rings. The van der Waals surface area contributed by atoms with Crippen molar-refractivity contribution in [2.75, 3.05) is 13.6 Å². The van der Waals surface area contributed by atoms with Gasteiger partial charge in [0.1, 0.15) is 0 Å². The molecule has 0 heterocycles. The van der Waals surface area contributed by atoms with E-state index in [4.69, 9.17) is 5.73 Å². The van der Waals surface area contributed by atoms with E-state index < -0.39 is 0 Å². The van der Waals surface area contributed by atoms with Crippen molar-refractivity contribution in [1.82, 2.24) is 4.90 Å². The quantitative estimate of drug-likeness (QED) is 0.864. The summed E-state index contributed by atoms with van der Waals surface area (Å²) in [6.07, 6.45) is 5.71. The van der Waals surface area contributed by atoms with E-state index in [0.29, 0.717) is 25.4 Å². The van der Waals surface area contributed by atoms with Crippen LogP contribution in [0.15, 0.2) is 24.3 Å². The molecule has 3 nitrogen and oxygen atoms in total. The predicted octanol–water partition coefficient (Wildman–Crippen LogP) is 2.54. The zero-order chi connectivity index (χ0) is 15.1. The first-order chi connectivity index (χ1) is 10.2. The van der Waals surface area contributed by atoms with Gasteiger partial charge in [-0.15, -0.1) is 0 Å². The van der Waals surface area contributed by atoms with Gasteiger partial charge in [0, 0.05) is 25.6 Å². The van der Waals surface area contributed by atoms with Crippen molar-refractivity contribution in [3.05, 3.63) is 35.4 Å². The normalized spacial score (nSPS) is 14.6. The second kappa shape index (κ2) is 7.85. The van der Waals surface area contributed by atoms with Gasteiger partial charge in [-0.3, -0.25) is 4.79 Å². The molecule has 1 saturated carbocycles. The van der Waals surface area contributed by atoms with E-state index in [0.717, 1.165) is 11.1 Å². The van der Waals surface area contributed by atoms with Crippen LogP contribution in [0.2, 0.25) is 0 Å². The second-order valence-electron chi connectivity index (χ2n) is 5.81. The molecule has 0 radical (unpaired) electrons. The van der Waals surface area contributed by atoms with Gasteiger partial charge in [-0.05, 0) is 36.5 Å². The smallest absolute Gasteiger partial charge is 0.222 e. The first-order valence-electron chi connectivity index (χ1n) is 7.71. The van der Waals surface area contributed by atoms with E-state index >= 15 is 0 Å². The van der Waals surface area contributed by atoms with E-state index in [2.05, 4.69) is 11.8 Å². The van der Waals surface area contributed by atoms with Crippen molar-refractivity contribution in [3.63, 3.8) is 0 Å². The third-order valence-corrected chi connectivity index (χ3v) is 4.07. The minimum Gasteiger partial charge on any atom is -0.341 e. The Bertz CT molecular complexity index is 518. The van der Waals surface area contributed by atoms with Gasteiger partial charge in [-0.1, -0.05) is 36.8 Å². The molecule has 0 atom stereocenters. The van der Waals surface area contributed by atoms with Crippen molar-refractivity contribution < 1.29 is 4.79 Å². The van der Waals surface area contributed by atoms with E-state index in [9.17, 15) is 4.79 Å². The van der Waals surface area contributed by atoms with Crippen LogP contribution in [-0.4, -0.2) is 24.4 Å². The molecule has 0 aliphatic heterocycles. The zero-order valence-electron chi connectivity index (χ0n) is 12.8. The van der Waals surface area contributed by atoms with Crippen LogP contribution in [-0.2, 0) is 11.3 Å². The summed E-state index contributed by atoms with van der Waals surface area (Å²) < 4.78 is 0. The van der Waals surface area contributed by atoms with Gasteiger partial charge in [-0.25, -0.2) is 0 Å². The molecule has 0 spiro atoms. The molecule has 1 fully saturated rings. The summed E-state index contributed by atoms with van der Waals surface area (Å²) in [5.41, 5.74) is 7.45. The monoisotopic (exact) mass is 284 g/mol. The van der Waals surface area contributed by atoms with Crippen LogP contribution >= 0.6 is 0 Å². The number of carbonyl (C=O) groups excluding carboxylic acids is 1. The third kappa shape index (κ3) is 4.91. The maximum absolute atomic E-state index is 12.2. The number of benzene rings is 1. The minimum absolute atomic E-state index is 0.258. The van der Waals surface area contributed by atoms with E-state index in [1.165, 1.54) is 25.7 Å². The number of amides is 1. The molecular formula is C18H24N2O. The lowest BCUT2D eigenvalue weighted by atomic mass is 10.0. The number of nitrogens with zero attached hydrogens (tertiary/aromatic N) is 1. The number of hydrogen-bond acceptors (Lipinski definition) is 2. The molecular weight excluding hydrogens is 260 g/mol. The van der Waals surface area contributed by atoms with Crippen LogP contribution in [0.25, 0.3) is 0 Å². The Kier molecular flexibility index (Phi) is 5.83. The van der Waals surface area contributed by atoms with E-state index in [1.54, 1.807) is 0 Å². The van der Waals surface area contributed by atoms with Crippen LogP contribution in [0.1, 0.15) is 43.2 Å². The number of nitrogens with two attached hydrogens (primary N) is 1. The average molecular weight is 284 g/mol. The maximum atomic E-state index is 12.2. The molecule has 0 unspecified atom stereocenters. The molecule has 2 N–H and O–H groups in total. The van der Waals surface area contributed by atoms with Crippen LogP contribution in [0.5, 0.6) is 0 Å². The Morgan fingerprint density at radius 2 is 1.95 bits per heavy atom. The number of carbonyl (C=O) groups is 1. The summed E-state index contributed by atoms with van der Waals surface area (Å²) >= 11 is 0. The Labute approximate surface area is 127 Å². The minimum atomic E-state index is 0.258. The molecule has 1 aromatic carbocycles. The highest BCUT2D eigenvalue weighted by atomic mass is 16.2. The van der Waals surface area contributed by atoms with Crippen molar-refractivity contribution in [3.8, 4) is 11.8 Å². The molecule has 1 amide bonds. The number of hydrogen-bond donors (Lipinski definition) is 1. The maximum Gasteiger partial charge on any atom is 0.222 e. The fraction of sp³-hybridized carbons (Fsp3) is 0.500. The molecule has 21 heavy (non-hydrogen) atoms. The van der Waals surface area contributed by atoms with E-state index in [1.807, 2.05) is 36.2 Å². The molecule has 0 saturated heterocycles. The van der Waals surface area contributed by atoms with Gasteiger partial charge >= 0.3 is 0 Å². The number of rotatable bonds is 4. The van der Waals surface area contributed by atoms with Crippen molar-refractivity contribution in [2.45, 2.75) is 38.6 Å². The molecule has 1 aliphatic carbocycles. The van der Waals surface area contributed by atoms with Crippen LogP contribution in [0.3, 0.4) is 0 Å². The summed E-state index contributed by atoms with van der Waals surface area (Å²) in [7, 11) is 1.89. The molecule has 1 aliphatic rings. The average Bonchev–Trinajstić information content (AvgIpc) is 2.99. The second-order valence-corrected chi connectivity index (χ2v) is 5.81. The van der Waals surface area contributed by atoms with Crippen LogP contribution < -0.4 is 5.73 Å². The first-order valence-corrected chi connectivity index (χ1v) is 7.71. The Balaban J connectivity index is 1.86. The lowest BCUT2D eigenvalue weighted by Crippen LogP contribution is -2.27. The highest BCUT2D eigenvalue weighted by Crippen LogP contribution is 2.28. The molecule has 0 bridgehead atoms. The lowest BCUT2D eigenvalue weighted by molar-refractivity contribution is -0.131. The zero-order valence-corrected chi connectivity index (χ0v) is 12.8. The summed E-state index contributed by atoms with van der Waals surface area (Å²) in [5.74, 6) is 6.70. The third-order valence-electron chi connectivity index (χ3n) is 4.07. The predicted molar refractivity (Wildman–Crippen MR) is 85.4 cm³/mol. The Hall–Kier alpha value is -1.79. The molecule has 3 heteroatoms. The highest BCUT2D eigenvalue weighted by molar-refractivity contribution is 5.76. The molecule has 0 aromatic heterocycles.